The number of furan rings is 1. The maximum Gasteiger partial charge on any atom is 0.107 e. The molecule has 1 heterocycles. The normalized spacial score (nSPS) is 24.9. The van der Waals surface area contributed by atoms with E-state index < -0.39 is 0 Å². The second-order valence-corrected chi connectivity index (χ2v) is 5.05. The number of hydrogen-bond donors (Lipinski definition) is 1. The summed E-state index contributed by atoms with van der Waals surface area (Å²) < 4.78 is 5.89. The van der Waals surface area contributed by atoms with Gasteiger partial charge in [0, 0.05) is 12.3 Å². The molecule has 1 aliphatic carbocycles. The Labute approximate surface area is 91.8 Å². The lowest BCUT2D eigenvalue weighted by atomic mass is 9.91. The Balaban J connectivity index is 2.26. The number of fused-ring (bicyclic) bond motifs is 1. The zero-order chi connectivity index (χ0) is 11.0. The van der Waals surface area contributed by atoms with Gasteiger partial charge in [-0.3, -0.25) is 0 Å². The highest BCUT2D eigenvalue weighted by molar-refractivity contribution is 5.32. The first-order chi connectivity index (χ1) is 7.13. The van der Waals surface area contributed by atoms with Crippen molar-refractivity contribution in [2.75, 3.05) is 6.54 Å². The third-order valence-electron chi connectivity index (χ3n) is 3.50. The van der Waals surface area contributed by atoms with Gasteiger partial charge < -0.3 is 10.2 Å². The maximum atomic E-state index is 5.89. The molecule has 2 heteroatoms. The molecule has 0 amide bonds. The van der Waals surface area contributed by atoms with Crippen LogP contribution >= 0.6 is 0 Å². The van der Waals surface area contributed by atoms with Crippen LogP contribution in [0.2, 0.25) is 0 Å². The Morgan fingerprint density at radius 3 is 2.87 bits per heavy atom. The zero-order valence-electron chi connectivity index (χ0n) is 9.92. The standard InChI is InChI=1S/C13H21NO/c1-8(2)12-7-11-10(4-5-14)9(3)6-13(11)15-12/h7-10H,4-6,14H2,1-3H3. The summed E-state index contributed by atoms with van der Waals surface area (Å²) in [4.78, 5) is 0. The second kappa shape index (κ2) is 4.01. The SMILES string of the molecule is CC(C)c1cc2c(o1)CC(C)C2CCN. The first kappa shape index (κ1) is 10.7. The van der Waals surface area contributed by atoms with Gasteiger partial charge in [-0.1, -0.05) is 20.8 Å². The minimum absolute atomic E-state index is 0.490. The third-order valence-corrected chi connectivity index (χ3v) is 3.50. The molecule has 15 heavy (non-hydrogen) atoms. The topological polar surface area (TPSA) is 39.2 Å². The van der Waals surface area contributed by atoms with Crippen LogP contribution in [0.5, 0.6) is 0 Å². The minimum Gasteiger partial charge on any atom is -0.466 e. The molecule has 0 aliphatic heterocycles. The van der Waals surface area contributed by atoms with Gasteiger partial charge in [0.25, 0.3) is 0 Å². The van der Waals surface area contributed by atoms with E-state index in [1.165, 1.54) is 11.3 Å². The lowest BCUT2D eigenvalue weighted by Crippen LogP contribution is -2.10. The number of hydrogen-bond acceptors (Lipinski definition) is 2. The average Bonchev–Trinajstić information content (AvgIpc) is 2.67. The van der Waals surface area contributed by atoms with Gasteiger partial charge in [0.15, 0.2) is 0 Å². The van der Waals surface area contributed by atoms with Gasteiger partial charge in [-0.05, 0) is 36.4 Å². The molecule has 0 aromatic carbocycles. The van der Waals surface area contributed by atoms with Crippen molar-refractivity contribution in [2.45, 2.75) is 45.4 Å². The van der Waals surface area contributed by atoms with E-state index in [0.717, 1.165) is 25.1 Å². The molecule has 0 saturated carbocycles. The quantitative estimate of drug-likeness (QED) is 0.827. The summed E-state index contributed by atoms with van der Waals surface area (Å²) in [6.07, 6.45) is 2.18. The van der Waals surface area contributed by atoms with Gasteiger partial charge in [-0.2, -0.15) is 0 Å². The van der Waals surface area contributed by atoms with Crippen LogP contribution in [-0.4, -0.2) is 6.54 Å². The van der Waals surface area contributed by atoms with E-state index in [9.17, 15) is 0 Å². The molecule has 0 fully saturated rings. The van der Waals surface area contributed by atoms with E-state index >= 15 is 0 Å². The molecule has 0 spiro atoms. The molecule has 1 aliphatic rings. The molecule has 1 aromatic heterocycles. The summed E-state index contributed by atoms with van der Waals surface area (Å²) in [6.45, 7) is 7.42. The smallest absolute Gasteiger partial charge is 0.107 e. The zero-order valence-corrected chi connectivity index (χ0v) is 9.92. The molecule has 84 valence electrons. The highest BCUT2D eigenvalue weighted by Gasteiger charge is 2.32. The van der Waals surface area contributed by atoms with Gasteiger partial charge in [-0.25, -0.2) is 0 Å². The average molecular weight is 207 g/mol. The minimum atomic E-state index is 0.490. The van der Waals surface area contributed by atoms with Crippen LogP contribution in [0.25, 0.3) is 0 Å². The molecule has 2 atom stereocenters. The van der Waals surface area contributed by atoms with Crippen LogP contribution in [-0.2, 0) is 6.42 Å². The van der Waals surface area contributed by atoms with E-state index in [2.05, 4.69) is 26.8 Å². The van der Waals surface area contributed by atoms with E-state index in [1.54, 1.807) is 0 Å². The van der Waals surface area contributed by atoms with E-state index in [-0.39, 0.29) is 0 Å². The molecule has 0 saturated heterocycles. The maximum absolute atomic E-state index is 5.89. The van der Waals surface area contributed by atoms with Crippen LogP contribution < -0.4 is 5.73 Å². The largest absolute Gasteiger partial charge is 0.466 e. The van der Waals surface area contributed by atoms with Crippen LogP contribution in [0.4, 0.5) is 0 Å². The number of rotatable bonds is 3. The van der Waals surface area contributed by atoms with Gasteiger partial charge in [-0.15, -0.1) is 0 Å². The van der Waals surface area contributed by atoms with Gasteiger partial charge in [0.05, 0.1) is 0 Å². The summed E-state index contributed by atoms with van der Waals surface area (Å²) >= 11 is 0. The molecule has 2 unspecified atom stereocenters. The predicted octanol–water partition coefficient (Wildman–Crippen LogP) is 3.03. The Morgan fingerprint density at radius 2 is 2.27 bits per heavy atom. The summed E-state index contributed by atoms with van der Waals surface area (Å²) in [5, 5.41) is 0. The van der Waals surface area contributed by atoms with Crippen molar-refractivity contribution in [3.8, 4) is 0 Å². The van der Waals surface area contributed by atoms with Crippen molar-refractivity contribution in [1.29, 1.82) is 0 Å². The molecule has 2 N–H and O–H groups in total. The van der Waals surface area contributed by atoms with Crippen molar-refractivity contribution in [3.05, 3.63) is 23.2 Å². The van der Waals surface area contributed by atoms with Crippen LogP contribution in [0.1, 0.15) is 56.1 Å². The first-order valence-electron chi connectivity index (χ1n) is 5.96. The molecular weight excluding hydrogens is 186 g/mol. The van der Waals surface area contributed by atoms with Crippen molar-refractivity contribution >= 4 is 0 Å². The fraction of sp³-hybridized carbons (Fsp3) is 0.692. The van der Waals surface area contributed by atoms with Crippen molar-refractivity contribution in [1.82, 2.24) is 0 Å². The highest BCUT2D eigenvalue weighted by Crippen LogP contribution is 2.42. The summed E-state index contributed by atoms with van der Waals surface area (Å²) in [5.74, 6) is 4.16. The number of nitrogens with two attached hydrogens (primary N) is 1. The van der Waals surface area contributed by atoms with Crippen molar-refractivity contribution in [2.24, 2.45) is 11.7 Å². The second-order valence-electron chi connectivity index (χ2n) is 5.05. The summed E-state index contributed by atoms with van der Waals surface area (Å²) in [7, 11) is 0. The van der Waals surface area contributed by atoms with E-state index in [1.807, 2.05) is 0 Å². The lowest BCUT2D eigenvalue weighted by molar-refractivity contribution is 0.417. The van der Waals surface area contributed by atoms with Gasteiger partial charge >= 0.3 is 0 Å². The van der Waals surface area contributed by atoms with Crippen LogP contribution in [0, 0.1) is 5.92 Å². The molecule has 0 bridgehead atoms. The van der Waals surface area contributed by atoms with E-state index in [4.69, 9.17) is 10.2 Å². The summed E-state index contributed by atoms with van der Waals surface area (Å²) in [6, 6.07) is 2.25. The monoisotopic (exact) mass is 207 g/mol. The fourth-order valence-corrected chi connectivity index (χ4v) is 2.58. The van der Waals surface area contributed by atoms with Gasteiger partial charge in [0.2, 0.25) is 0 Å². The Hall–Kier alpha value is -0.760. The third kappa shape index (κ3) is 1.83. The molecular formula is C13H21NO. The Bertz CT molecular complexity index is 340. The van der Waals surface area contributed by atoms with E-state index in [0.29, 0.717) is 17.8 Å². The van der Waals surface area contributed by atoms with Crippen LogP contribution in [0.15, 0.2) is 10.5 Å². The lowest BCUT2D eigenvalue weighted by Gasteiger charge is -2.14. The van der Waals surface area contributed by atoms with Crippen LogP contribution in [0.3, 0.4) is 0 Å². The molecule has 0 radical (unpaired) electrons. The fourth-order valence-electron chi connectivity index (χ4n) is 2.58. The molecule has 2 nitrogen and oxygen atoms in total. The Morgan fingerprint density at radius 1 is 1.53 bits per heavy atom. The van der Waals surface area contributed by atoms with Gasteiger partial charge in [0.1, 0.15) is 11.5 Å². The first-order valence-corrected chi connectivity index (χ1v) is 5.96. The molecule has 2 rings (SSSR count). The highest BCUT2D eigenvalue weighted by atomic mass is 16.3. The summed E-state index contributed by atoms with van der Waals surface area (Å²) in [5.41, 5.74) is 7.09. The van der Waals surface area contributed by atoms with Crippen molar-refractivity contribution < 1.29 is 4.42 Å². The Kier molecular flexibility index (Phi) is 2.87. The molecule has 1 aromatic rings. The predicted molar refractivity (Wildman–Crippen MR) is 62.1 cm³/mol. The van der Waals surface area contributed by atoms with Crippen molar-refractivity contribution in [3.63, 3.8) is 0 Å².